The summed E-state index contributed by atoms with van der Waals surface area (Å²) in [6, 6.07) is 0.902. The minimum absolute atomic E-state index is 0.00931. The quantitative estimate of drug-likeness (QED) is 0.530. The van der Waals surface area contributed by atoms with Crippen molar-refractivity contribution in [3.05, 3.63) is 0 Å². The second-order valence-corrected chi connectivity index (χ2v) is 8.11. The standard InChI is InChI=1S/C8H18BrClO2Si/c1-4-11-13(7-6-9,8(3)10)12-5-2/h8H,4-7H2,1-3H3. The summed E-state index contributed by atoms with van der Waals surface area (Å²) in [7, 11) is -2.15. The highest BCUT2D eigenvalue weighted by molar-refractivity contribution is 9.09. The third kappa shape index (κ3) is 4.30. The molecule has 1 atom stereocenters. The van der Waals surface area contributed by atoms with Gasteiger partial charge in [-0.3, -0.25) is 0 Å². The average Bonchev–Trinajstić information content (AvgIpc) is 2.05. The molecule has 0 aromatic carbocycles. The van der Waals surface area contributed by atoms with Crippen LogP contribution >= 0.6 is 27.5 Å². The Morgan fingerprint density at radius 1 is 1.31 bits per heavy atom. The first-order valence-corrected chi connectivity index (χ1v) is 8.26. The zero-order chi connectivity index (χ0) is 10.3. The number of halogens is 2. The molecule has 0 spiro atoms. The lowest BCUT2D eigenvalue weighted by molar-refractivity contribution is 0.183. The van der Waals surface area contributed by atoms with Gasteiger partial charge in [0.15, 0.2) is 0 Å². The molecule has 1 unspecified atom stereocenters. The van der Waals surface area contributed by atoms with Gasteiger partial charge in [-0.15, -0.1) is 11.6 Å². The number of hydrogen-bond donors (Lipinski definition) is 0. The van der Waals surface area contributed by atoms with Crippen molar-refractivity contribution in [3.8, 4) is 0 Å². The second-order valence-electron chi connectivity index (χ2n) is 2.73. The maximum absolute atomic E-state index is 6.13. The van der Waals surface area contributed by atoms with Gasteiger partial charge in [0.2, 0.25) is 0 Å². The summed E-state index contributed by atoms with van der Waals surface area (Å²) >= 11 is 9.54. The molecule has 2 nitrogen and oxygen atoms in total. The monoisotopic (exact) mass is 288 g/mol. The molecule has 0 saturated carbocycles. The SMILES string of the molecule is CCO[Si](CCBr)(OCC)C(C)Cl. The van der Waals surface area contributed by atoms with Crippen molar-refractivity contribution in [1.82, 2.24) is 0 Å². The first-order valence-electron chi connectivity index (χ1n) is 4.60. The van der Waals surface area contributed by atoms with Crippen molar-refractivity contribution in [2.45, 2.75) is 31.8 Å². The summed E-state index contributed by atoms with van der Waals surface area (Å²) in [6.07, 6.45) is 0. The third-order valence-electron chi connectivity index (χ3n) is 1.83. The topological polar surface area (TPSA) is 18.5 Å². The molecule has 0 aliphatic rings. The van der Waals surface area contributed by atoms with Crippen molar-refractivity contribution < 1.29 is 8.85 Å². The normalized spacial score (nSPS) is 14.5. The van der Waals surface area contributed by atoms with Crippen molar-refractivity contribution in [1.29, 1.82) is 0 Å². The largest absolute Gasteiger partial charge is 0.394 e. The van der Waals surface area contributed by atoms with Gasteiger partial charge in [0.05, 0.1) is 5.00 Å². The van der Waals surface area contributed by atoms with Crippen LogP contribution in [0.5, 0.6) is 0 Å². The van der Waals surface area contributed by atoms with Crippen LogP contribution in [0.1, 0.15) is 20.8 Å². The van der Waals surface area contributed by atoms with Crippen LogP contribution in [0.25, 0.3) is 0 Å². The van der Waals surface area contributed by atoms with E-state index in [0.29, 0.717) is 13.2 Å². The molecule has 0 aliphatic carbocycles. The van der Waals surface area contributed by atoms with Gasteiger partial charge >= 0.3 is 8.56 Å². The van der Waals surface area contributed by atoms with Gasteiger partial charge in [0.1, 0.15) is 0 Å². The summed E-state index contributed by atoms with van der Waals surface area (Å²) in [6.45, 7) is 7.27. The molecule has 0 aromatic heterocycles. The molecule has 0 heterocycles. The van der Waals surface area contributed by atoms with Crippen molar-refractivity contribution in [2.24, 2.45) is 0 Å². The van der Waals surface area contributed by atoms with Crippen LogP contribution in [-0.4, -0.2) is 32.1 Å². The Bertz CT molecular complexity index is 118. The van der Waals surface area contributed by atoms with E-state index in [0.717, 1.165) is 11.4 Å². The summed E-state index contributed by atoms with van der Waals surface area (Å²) in [5.74, 6) is 0. The van der Waals surface area contributed by atoms with Gasteiger partial charge in [-0.2, -0.15) is 0 Å². The molecule has 0 aliphatic heterocycles. The third-order valence-corrected chi connectivity index (χ3v) is 7.67. The van der Waals surface area contributed by atoms with Crippen LogP contribution in [0.15, 0.2) is 0 Å². The lowest BCUT2D eigenvalue weighted by atomic mass is 10.9. The van der Waals surface area contributed by atoms with E-state index in [9.17, 15) is 0 Å². The average molecular weight is 290 g/mol. The van der Waals surface area contributed by atoms with Gasteiger partial charge < -0.3 is 8.85 Å². The van der Waals surface area contributed by atoms with E-state index >= 15 is 0 Å². The number of rotatable bonds is 7. The smallest absolute Gasteiger partial charge is 0.357 e. The Kier molecular flexibility index (Phi) is 7.74. The van der Waals surface area contributed by atoms with E-state index in [1.165, 1.54) is 0 Å². The molecule has 0 rings (SSSR count). The zero-order valence-corrected chi connectivity index (χ0v) is 11.8. The Morgan fingerprint density at radius 3 is 2.00 bits per heavy atom. The summed E-state index contributed by atoms with van der Waals surface area (Å²) < 4.78 is 11.5. The molecule has 0 radical (unpaired) electrons. The number of alkyl halides is 2. The maximum Gasteiger partial charge on any atom is 0.357 e. The number of hydrogen-bond acceptors (Lipinski definition) is 2. The highest BCUT2D eigenvalue weighted by atomic mass is 79.9. The van der Waals surface area contributed by atoms with E-state index in [2.05, 4.69) is 15.9 Å². The lowest BCUT2D eigenvalue weighted by Gasteiger charge is -2.31. The molecule has 5 heteroatoms. The van der Waals surface area contributed by atoms with Crippen LogP contribution in [0.3, 0.4) is 0 Å². The van der Waals surface area contributed by atoms with Crippen LogP contribution in [0, 0.1) is 0 Å². The van der Waals surface area contributed by atoms with Crippen molar-refractivity contribution in [3.63, 3.8) is 0 Å². The Balaban J connectivity index is 4.38. The second kappa shape index (κ2) is 7.23. The van der Waals surface area contributed by atoms with E-state index in [1.54, 1.807) is 0 Å². The predicted octanol–water partition coefficient (Wildman–Crippen LogP) is 3.06. The van der Waals surface area contributed by atoms with Gasteiger partial charge in [-0.05, 0) is 20.8 Å². The molecule has 0 N–H and O–H groups in total. The first-order chi connectivity index (χ1) is 6.13. The van der Waals surface area contributed by atoms with E-state index in [4.69, 9.17) is 20.5 Å². The van der Waals surface area contributed by atoms with Gasteiger partial charge in [0.25, 0.3) is 0 Å². The highest BCUT2D eigenvalue weighted by Gasteiger charge is 2.41. The lowest BCUT2D eigenvalue weighted by Crippen LogP contribution is -2.50. The summed E-state index contributed by atoms with van der Waals surface area (Å²) in [5.41, 5.74) is 0. The fourth-order valence-electron chi connectivity index (χ4n) is 1.23. The minimum atomic E-state index is -2.15. The van der Waals surface area contributed by atoms with Gasteiger partial charge in [-0.25, -0.2) is 0 Å². The van der Waals surface area contributed by atoms with E-state index < -0.39 is 8.56 Å². The van der Waals surface area contributed by atoms with Gasteiger partial charge in [-0.1, -0.05) is 15.9 Å². The van der Waals surface area contributed by atoms with Crippen LogP contribution in [0.2, 0.25) is 6.04 Å². The molecular weight excluding hydrogens is 272 g/mol. The maximum atomic E-state index is 6.13. The molecular formula is C8H18BrClO2Si. The zero-order valence-electron chi connectivity index (χ0n) is 8.48. The first kappa shape index (κ1) is 13.9. The molecule has 0 bridgehead atoms. The Labute approximate surface area is 95.3 Å². The summed E-state index contributed by atoms with van der Waals surface area (Å²) in [4.78, 5) is 0. The fourth-order valence-corrected chi connectivity index (χ4v) is 6.07. The Hall–Kier alpha value is 0.907. The van der Waals surface area contributed by atoms with E-state index in [1.807, 2.05) is 20.8 Å². The van der Waals surface area contributed by atoms with Crippen LogP contribution in [-0.2, 0) is 8.85 Å². The van der Waals surface area contributed by atoms with Gasteiger partial charge in [0, 0.05) is 24.6 Å². The highest BCUT2D eigenvalue weighted by Crippen LogP contribution is 2.23. The fraction of sp³-hybridized carbons (Fsp3) is 1.00. The van der Waals surface area contributed by atoms with E-state index in [-0.39, 0.29) is 5.00 Å². The molecule has 0 amide bonds. The van der Waals surface area contributed by atoms with Crippen molar-refractivity contribution >= 4 is 36.1 Å². The predicted molar refractivity (Wildman–Crippen MR) is 62.9 cm³/mol. The molecule has 0 fully saturated rings. The summed E-state index contributed by atoms with van der Waals surface area (Å²) in [5, 5.41) is 0.876. The molecule has 13 heavy (non-hydrogen) atoms. The molecule has 0 saturated heterocycles. The van der Waals surface area contributed by atoms with Crippen LogP contribution < -0.4 is 0 Å². The van der Waals surface area contributed by atoms with Crippen LogP contribution in [0.4, 0.5) is 0 Å². The Morgan fingerprint density at radius 2 is 1.77 bits per heavy atom. The minimum Gasteiger partial charge on any atom is -0.394 e. The molecule has 0 aromatic rings. The van der Waals surface area contributed by atoms with Crippen molar-refractivity contribution in [2.75, 3.05) is 18.5 Å². The molecule has 80 valence electrons.